The fourth-order valence-corrected chi connectivity index (χ4v) is 8.35. The molecule has 3 aromatic carbocycles. The second-order valence-corrected chi connectivity index (χ2v) is 17.0. The molecule has 3 aliphatic rings. The average molecular weight is 883 g/mol. The first-order valence-electron chi connectivity index (χ1n) is 19.4. The molecule has 2 aliphatic heterocycles. The SMILES string of the molecule is O=S(=O)(O)C1=C(C=Cc2ccccc2S(=O)(=O)O)C=CC(Nc2nc(Nc3ccccc3)nc(N3CCOCC3)n2)(Nc2nc(Nc3ccccc3)nc(N3CCOCC3)n2)C1. The fraction of sp³-hybridized carbons (Fsp3) is 0.250. The Bertz CT molecular complexity index is 2610. The van der Waals surface area contributed by atoms with Gasteiger partial charge in [0.15, 0.2) is 0 Å². The Morgan fingerprint density at radius 1 is 0.581 bits per heavy atom. The van der Waals surface area contributed by atoms with Crippen LogP contribution in [0.2, 0.25) is 0 Å². The Morgan fingerprint density at radius 2 is 1.05 bits per heavy atom. The van der Waals surface area contributed by atoms with E-state index in [1.54, 1.807) is 12.1 Å². The molecule has 2 aromatic heterocycles. The lowest BCUT2D eigenvalue weighted by atomic mass is 9.95. The second-order valence-electron chi connectivity index (χ2n) is 14.2. The standard InChI is InChI=1S/C40H42N12O8S2/c53-61(54,55)32-14-8-7-9-28(32)15-16-29-17-18-40(27-33(29)62(56,57)58,49-36-43-34(41-30-10-3-1-4-11-30)45-38(47-36)51-19-23-59-24-20-51)50-37-44-35(42-31-12-5-2-6-13-31)46-39(48-37)52-21-25-60-26-22-52/h1-18H,19-27H2,(H,53,54,55)(H,56,57,58)(H2,41,43,45,47,49)(H2,42,44,46,48,50). The number of benzene rings is 3. The largest absolute Gasteiger partial charge is 0.378 e. The van der Waals surface area contributed by atoms with Gasteiger partial charge >= 0.3 is 0 Å². The molecule has 2 saturated heterocycles. The molecule has 0 radical (unpaired) electrons. The van der Waals surface area contributed by atoms with Crippen LogP contribution in [0, 0.1) is 0 Å². The van der Waals surface area contributed by atoms with E-state index in [0.29, 0.717) is 75.9 Å². The van der Waals surface area contributed by atoms with Crippen LogP contribution >= 0.6 is 0 Å². The Hall–Kier alpha value is -6.56. The number of nitrogens with zero attached hydrogens (tertiary/aromatic N) is 8. The van der Waals surface area contributed by atoms with Gasteiger partial charge < -0.3 is 40.5 Å². The number of aromatic nitrogens is 6. The molecule has 8 rings (SSSR count). The van der Waals surface area contributed by atoms with Gasteiger partial charge in [-0.2, -0.15) is 46.7 Å². The van der Waals surface area contributed by atoms with E-state index in [-0.39, 0.29) is 39.8 Å². The zero-order valence-corrected chi connectivity index (χ0v) is 34.6. The lowest BCUT2D eigenvalue weighted by Gasteiger charge is -2.36. The number of hydrogen-bond acceptors (Lipinski definition) is 18. The molecule has 2 fully saturated rings. The van der Waals surface area contributed by atoms with E-state index in [0.717, 1.165) is 0 Å². The van der Waals surface area contributed by atoms with Crippen molar-refractivity contribution in [1.29, 1.82) is 0 Å². The van der Waals surface area contributed by atoms with Crippen molar-refractivity contribution in [3.05, 3.63) is 119 Å². The van der Waals surface area contributed by atoms with Gasteiger partial charge in [-0.05, 0) is 47.5 Å². The van der Waals surface area contributed by atoms with E-state index >= 15 is 0 Å². The van der Waals surface area contributed by atoms with Crippen LogP contribution < -0.4 is 31.1 Å². The van der Waals surface area contributed by atoms with Gasteiger partial charge in [0.2, 0.25) is 35.7 Å². The number of nitrogens with one attached hydrogen (secondary N) is 4. The Labute approximate surface area is 357 Å². The van der Waals surface area contributed by atoms with Crippen molar-refractivity contribution in [2.75, 3.05) is 83.7 Å². The molecule has 0 unspecified atom stereocenters. The second kappa shape index (κ2) is 18.2. The molecular weight excluding hydrogens is 841 g/mol. The van der Waals surface area contributed by atoms with Gasteiger partial charge in [0.1, 0.15) is 10.6 Å². The van der Waals surface area contributed by atoms with Crippen LogP contribution in [0.15, 0.2) is 119 Å². The lowest BCUT2D eigenvalue weighted by Crippen LogP contribution is -2.48. The highest BCUT2D eigenvalue weighted by molar-refractivity contribution is 7.89. The highest BCUT2D eigenvalue weighted by Crippen LogP contribution is 2.35. The van der Waals surface area contributed by atoms with Gasteiger partial charge in [0.05, 0.1) is 31.3 Å². The van der Waals surface area contributed by atoms with Gasteiger partial charge in [-0.3, -0.25) is 9.11 Å². The number of ether oxygens (including phenoxy) is 2. The maximum Gasteiger partial charge on any atom is 0.295 e. The molecule has 0 spiro atoms. The van der Waals surface area contributed by atoms with Crippen LogP contribution in [-0.4, -0.2) is 114 Å². The molecule has 1 aliphatic carbocycles. The molecule has 62 heavy (non-hydrogen) atoms. The summed E-state index contributed by atoms with van der Waals surface area (Å²) >= 11 is 0. The Morgan fingerprint density at radius 3 is 1.53 bits per heavy atom. The van der Waals surface area contributed by atoms with Gasteiger partial charge in [0, 0.05) is 44.0 Å². The van der Waals surface area contributed by atoms with E-state index in [1.807, 2.05) is 70.5 Å². The fourth-order valence-electron chi connectivity index (χ4n) is 6.83. The van der Waals surface area contributed by atoms with Crippen LogP contribution in [0.1, 0.15) is 12.0 Å². The van der Waals surface area contributed by atoms with Crippen molar-refractivity contribution >= 4 is 73.4 Å². The van der Waals surface area contributed by atoms with Crippen LogP contribution in [0.5, 0.6) is 0 Å². The van der Waals surface area contributed by atoms with Crippen LogP contribution in [0.25, 0.3) is 6.08 Å². The molecule has 22 heteroatoms. The normalized spacial score (nSPS) is 16.9. The van der Waals surface area contributed by atoms with Crippen molar-refractivity contribution in [2.45, 2.75) is 17.0 Å². The average Bonchev–Trinajstić information content (AvgIpc) is 3.26. The van der Waals surface area contributed by atoms with E-state index in [1.165, 1.54) is 36.4 Å². The molecule has 20 nitrogen and oxygen atoms in total. The molecule has 0 amide bonds. The molecule has 4 heterocycles. The summed E-state index contributed by atoms with van der Waals surface area (Å²) in [5.74, 6) is 1.02. The highest BCUT2D eigenvalue weighted by atomic mass is 32.2. The third kappa shape index (κ3) is 10.5. The number of anilines is 8. The summed E-state index contributed by atoms with van der Waals surface area (Å²) in [6.07, 6.45) is 5.20. The van der Waals surface area contributed by atoms with Crippen molar-refractivity contribution < 1.29 is 35.4 Å². The van der Waals surface area contributed by atoms with Gasteiger partial charge in [-0.1, -0.05) is 72.8 Å². The summed E-state index contributed by atoms with van der Waals surface area (Å²) in [5.41, 5.74) is -0.186. The smallest absolute Gasteiger partial charge is 0.295 e. The van der Waals surface area contributed by atoms with Crippen LogP contribution in [0.4, 0.5) is 47.1 Å². The summed E-state index contributed by atoms with van der Waals surface area (Å²) in [6.45, 7) is 3.77. The van der Waals surface area contributed by atoms with E-state index < -0.39 is 37.2 Å². The van der Waals surface area contributed by atoms with Gasteiger partial charge in [0.25, 0.3) is 20.2 Å². The van der Waals surface area contributed by atoms with Crippen LogP contribution in [-0.2, 0) is 29.7 Å². The van der Waals surface area contributed by atoms with Crippen molar-refractivity contribution in [1.82, 2.24) is 29.9 Å². The predicted molar refractivity (Wildman–Crippen MR) is 233 cm³/mol. The zero-order valence-electron chi connectivity index (χ0n) is 33.0. The minimum Gasteiger partial charge on any atom is -0.378 e. The monoisotopic (exact) mass is 882 g/mol. The third-order valence-electron chi connectivity index (χ3n) is 9.82. The Balaban J connectivity index is 1.24. The van der Waals surface area contributed by atoms with Crippen molar-refractivity contribution in [3.63, 3.8) is 0 Å². The number of rotatable bonds is 14. The first kappa shape index (κ1) is 42.1. The van der Waals surface area contributed by atoms with Crippen molar-refractivity contribution in [2.24, 2.45) is 0 Å². The first-order valence-corrected chi connectivity index (χ1v) is 22.3. The number of allylic oxidation sites excluding steroid dienone is 3. The van der Waals surface area contributed by atoms with Gasteiger partial charge in [-0.15, -0.1) is 0 Å². The minimum atomic E-state index is -4.97. The van der Waals surface area contributed by atoms with Crippen molar-refractivity contribution in [3.8, 4) is 0 Å². The molecule has 322 valence electrons. The number of hydrogen-bond donors (Lipinski definition) is 6. The summed E-state index contributed by atoms with van der Waals surface area (Å²) in [5, 5.41) is 13.0. The summed E-state index contributed by atoms with van der Waals surface area (Å²) in [4.78, 5) is 31.3. The molecule has 0 bridgehead atoms. The highest BCUT2D eigenvalue weighted by Gasteiger charge is 2.38. The summed E-state index contributed by atoms with van der Waals surface area (Å²) in [7, 11) is -9.60. The quantitative estimate of drug-likeness (QED) is 0.0663. The number of morpholine rings is 2. The molecule has 0 atom stereocenters. The molecule has 6 N–H and O–H groups in total. The van der Waals surface area contributed by atoms with E-state index in [2.05, 4.69) is 21.3 Å². The van der Waals surface area contributed by atoms with Gasteiger partial charge in [-0.25, -0.2) is 0 Å². The third-order valence-corrected chi connectivity index (χ3v) is 11.8. The first-order chi connectivity index (χ1) is 29.9. The molecule has 0 saturated carbocycles. The van der Waals surface area contributed by atoms with Crippen LogP contribution in [0.3, 0.4) is 0 Å². The topological polar surface area (TPSA) is 259 Å². The summed E-state index contributed by atoms with van der Waals surface area (Å²) < 4.78 is 82.8. The van der Waals surface area contributed by atoms with E-state index in [4.69, 9.17) is 39.4 Å². The maximum atomic E-state index is 13.4. The zero-order chi connectivity index (χ0) is 43.2. The molecule has 5 aromatic rings. The van der Waals surface area contributed by atoms with E-state index in [9.17, 15) is 25.9 Å². The Kier molecular flexibility index (Phi) is 12.4. The minimum absolute atomic E-state index is 0.0120. The number of para-hydroxylation sites is 2. The maximum absolute atomic E-state index is 13.4. The molecular formula is C40H42N12O8S2. The lowest BCUT2D eigenvalue weighted by molar-refractivity contribution is 0.122. The summed E-state index contributed by atoms with van der Waals surface area (Å²) in [6, 6.07) is 24.2. The predicted octanol–water partition coefficient (Wildman–Crippen LogP) is 4.50.